The van der Waals surface area contributed by atoms with E-state index in [0.717, 1.165) is 14.2 Å². The maximum Gasteiger partial charge on any atom is 0.318 e. The van der Waals surface area contributed by atoms with Crippen molar-refractivity contribution in [2.45, 2.75) is 12.8 Å². The van der Waals surface area contributed by atoms with Crippen molar-refractivity contribution >= 4 is 23.9 Å². The molecule has 0 saturated heterocycles. The van der Waals surface area contributed by atoms with E-state index in [-0.39, 0.29) is 13.2 Å². The molecule has 0 spiro atoms. The van der Waals surface area contributed by atoms with E-state index >= 15 is 0 Å². The Hall–Kier alpha value is -2.56. The van der Waals surface area contributed by atoms with Gasteiger partial charge in [0.2, 0.25) is 0 Å². The molecule has 8 nitrogen and oxygen atoms in total. The van der Waals surface area contributed by atoms with Crippen molar-refractivity contribution in [2.24, 2.45) is 0 Å². The molecule has 0 saturated carbocycles. The molecular formula is C12H14O8. The first-order valence-corrected chi connectivity index (χ1v) is 5.40. The summed E-state index contributed by atoms with van der Waals surface area (Å²) < 4.78 is 17.7. The van der Waals surface area contributed by atoms with Crippen LogP contribution in [0.4, 0.5) is 0 Å². The molecule has 0 amide bonds. The molecule has 0 N–H and O–H groups in total. The molecule has 0 aliphatic rings. The van der Waals surface area contributed by atoms with Crippen molar-refractivity contribution in [3.05, 3.63) is 0 Å². The molecule has 0 atom stereocenters. The lowest BCUT2D eigenvalue weighted by Gasteiger charge is -1.99. The molecule has 0 aliphatic heterocycles. The van der Waals surface area contributed by atoms with Crippen LogP contribution in [0.1, 0.15) is 12.8 Å². The van der Waals surface area contributed by atoms with E-state index < -0.39 is 36.7 Å². The lowest BCUT2D eigenvalue weighted by Crippen LogP contribution is -2.13. The van der Waals surface area contributed by atoms with E-state index in [0.29, 0.717) is 0 Å². The number of hydrogen-bond donors (Lipinski definition) is 0. The maximum absolute atomic E-state index is 11.0. The fourth-order valence-corrected chi connectivity index (χ4v) is 0.817. The largest absolute Gasteiger partial charge is 0.469 e. The molecule has 8 heteroatoms. The van der Waals surface area contributed by atoms with Gasteiger partial charge in [-0.1, -0.05) is 11.8 Å². The lowest BCUT2D eigenvalue weighted by molar-refractivity contribution is -0.154. The number of carbonyl (C=O) groups excluding carboxylic acids is 4. The maximum atomic E-state index is 11.0. The second-order valence-corrected chi connectivity index (χ2v) is 3.18. The van der Waals surface area contributed by atoms with Crippen LogP contribution in [0.5, 0.6) is 0 Å². The zero-order chi connectivity index (χ0) is 15.4. The average Bonchev–Trinajstić information content (AvgIpc) is 2.42. The molecule has 0 unspecified atom stereocenters. The first-order valence-electron chi connectivity index (χ1n) is 5.40. The van der Waals surface area contributed by atoms with Gasteiger partial charge in [0.1, 0.15) is 12.8 Å². The summed E-state index contributed by atoms with van der Waals surface area (Å²) in [5.74, 6) is 1.83. The molecule has 0 fully saturated rings. The molecule has 0 aromatic carbocycles. The minimum Gasteiger partial charge on any atom is -0.469 e. The molecule has 0 aromatic rings. The summed E-state index contributed by atoms with van der Waals surface area (Å²) in [6, 6.07) is 0. The summed E-state index contributed by atoms with van der Waals surface area (Å²) >= 11 is 0. The van der Waals surface area contributed by atoms with Crippen LogP contribution in [-0.4, -0.2) is 51.3 Å². The zero-order valence-corrected chi connectivity index (χ0v) is 11.1. The molecule has 110 valence electrons. The van der Waals surface area contributed by atoms with Crippen LogP contribution in [0.2, 0.25) is 0 Å². The minimum absolute atomic E-state index is 0.246. The number of carbonyl (C=O) groups is 4. The van der Waals surface area contributed by atoms with Crippen LogP contribution >= 0.6 is 0 Å². The molecule has 0 aliphatic carbocycles. The van der Waals surface area contributed by atoms with Crippen LogP contribution in [0, 0.1) is 11.8 Å². The predicted molar refractivity (Wildman–Crippen MR) is 63.0 cm³/mol. The third kappa shape index (κ3) is 9.47. The Kier molecular flexibility index (Phi) is 9.04. The zero-order valence-electron chi connectivity index (χ0n) is 11.1. The Labute approximate surface area is 115 Å². The first kappa shape index (κ1) is 17.4. The topological polar surface area (TPSA) is 105 Å². The SMILES string of the molecule is COC(=O)CC(=O)OCC#CCOC(=O)CC(=O)OC. The highest BCUT2D eigenvalue weighted by Gasteiger charge is 2.10. The smallest absolute Gasteiger partial charge is 0.318 e. The summed E-state index contributed by atoms with van der Waals surface area (Å²) in [6.07, 6.45) is -0.988. The van der Waals surface area contributed by atoms with E-state index in [1.165, 1.54) is 0 Å². The standard InChI is InChI=1S/C12H14O8/c1-17-9(13)7-11(15)19-5-3-4-6-20-12(16)8-10(14)18-2/h5-8H2,1-2H3. The lowest BCUT2D eigenvalue weighted by atomic mass is 10.4. The average molecular weight is 286 g/mol. The normalized spacial score (nSPS) is 8.70. The summed E-state index contributed by atoms with van der Waals surface area (Å²) in [7, 11) is 2.30. The van der Waals surface area contributed by atoms with Crippen LogP contribution in [0.25, 0.3) is 0 Å². The van der Waals surface area contributed by atoms with Gasteiger partial charge in [0.15, 0.2) is 13.2 Å². The van der Waals surface area contributed by atoms with E-state index in [4.69, 9.17) is 0 Å². The van der Waals surface area contributed by atoms with Crippen LogP contribution in [0.3, 0.4) is 0 Å². The van der Waals surface area contributed by atoms with Gasteiger partial charge in [-0.3, -0.25) is 19.2 Å². The highest BCUT2D eigenvalue weighted by Crippen LogP contribution is 1.90. The minimum atomic E-state index is -0.770. The number of methoxy groups -OCH3 is 2. The highest BCUT2D eigenvalue weighted by atomic mass is 16.6. The second kappa shape index (κ2) is 10.4. The fourth-order valence-electron chi connectivity index (χ4n) is 0.817. The number of esters is 4. The predicted octanol–water partition coefficient (Wildman–Crippen LogP) is -0.798. The number of hydrogen-bond acceptors (Lipinski definition) is 8. The third-order valence-corrected chi connectivity index (χ3v) is 1.77. The van der Waals surface area contributed by atoms with Crippen molar-refractivity contribution in [3.63, 3.8) is 0 Å². The molecule has 0 radical (unpaired) electrons. The van der Waals surface area contributed by atoms with Crippen LogP contribution in [0.15, 0.2) is 0 Å². The van der Waals surface area contributed by atoms with Crippen LogP contribution in [-0.2, 0) is 38.1 Å². The Morgan fingerprint density at radius 1 is 0.700 bits per heavy atom. The van der Waals surface area contributed by atoms with Crippen molar-refractivity contribution < 1.29 is 38.1 Å². The third-order valence-electron chi connectivity index (χ3n) is 1.77. The van der Waals surface area contributed by atoms with Crippen molar-refractivity contribution in [1.82, 2.24) is 0 Å². The summed E-state index contributed by atoms with van der Waals surface area (Å²) in [5, 5.41) is 0. The van der Waals surface area contributed by atoms with E-state index in [9.17, 15) is 19.2 Å². The van der Waals surface area contributed by atoms with Gasteiger partial charge in [0.25, 0.3) is 0 Å². The van der Waals surface area contributed by atoms with Gasteiger partial charge in [0, 0.05) is 0 Å². The summed E-state index contributed by atoms with van der Waals surface area (Å²) in [6.45, 7) is -0.491. The Morgan fingerprint density at radius 3 is 1.35 bits per heavy atom. The fraction of sp³-hybridized carbons (Fsp3) is 0.500. The molecule has 0 heterocycles. The van der Waals surface area contributed by atoms with Crippen LogP contribution < -0.4 is 0 Å². The highest BCUT2D eigenvalue weighted by molar-refractivity contribution is 5.91. The monoisotopic (exact) mass is 286 g/mol. The molecule has 0 aromatic heterocycles. The second-order valence-electron chi connectivity index (χ2n) is 3.18. The molecular weight excluding hydrogens is 272 g/mol. The number of rotatable bonds is 6. The van der Waals surface area contributed by atoms with E-state index in [1.54, 1.807) is 0 Å². The molecule has 20 heavy (non-hydrogen) atoms. The van der Waals surface area contributed by atoms with Gasteiger partial charge in [-0.2, -0.15) is 0 Å². The van der Waals surface area contributed by atoms with Gasteiger partial charge in [0.05, 0.1) is 14.2 Å². The molecule has 0 rings (SSSR count). The Morgan fingerprint density at radius 2 is 1.05 bits per heavy atom. The van der Waals surface area contributed by atoms with Crippen molar-refractivity contribution in [1.29, 1.82) is 0 Å². The van der Waals surface area contributed by atoms with Gasteiger partial charge in [-0.15, -0.1) is 0 Å². The van der Waals surface area contributed by atoms with Crippen molar-refractivity contribution in [2.75, 3.05) is 27.4 Å². The Bertz CT molecular complexity index is 390. The van der Waals surface area contributed by atoms with Gasteiger partial charge in [-0.05, 0) is 0 Å². The molecule has 0 bridgehead atoms. The van der Waals surface area contributed by atoms with E-state index in [2.05, 4.69) is 30.8 Å². The summed E-state index contributed by atoms with van der Waals surface area (Å²) in [4.78, 5) is 43.3. The van der Waals surface area contributed by atoms with Gasteiger partial charge < -0.3 is 18.9 Å². The first-order chi connectivity index (χ1) is 9.49. The van der Waals surface area contributed by atoms with Gasteiger partial charge in [-0.25, -0.2) is 0 Å². The quantitative estimate of drug-likeness (QED) is 0.270. The number of ether oxygens (including phenoxy) is 4. The van der Waals surface area contributed by atoms with E-state index in [1.807, 2.05) is 0 Å². The van der Waals surface area contributed by atoms with Crippen molar-refractivity contribution in [3.8, 4) is 11.8 Å². The Balaban J connectivity index is 3.74. The summed E-state index contributed by atoms with van der Waals surface area (Å²) in [5.41, 5.74) is 0. The van der Waals surface area contributed by atoms with Gasteiger partial charge >= 0.3 is 23.9 Å².